The number of amidine groups is 1. The van der Waals surface area contributed by atoms with Gasteiger partial charge < -0.3 is 5.32 Å². The maximum atomic E-state index is 4.78. The van der Waals surface area contributed by atoms with Crippen LogP contribution in [0.15, 0.2) is 29.3 Å². The van der Waals surface area contributed by atoms with Crippen LogP contribution in [0.4, 0.5) is 0 Å². The molecule has 0 bridgehead atoms. The van der Waals surface area contributed by atoms with Crippen LogP contribution in [0.2, 0.25) is 0 Å². The Hall–Kier alpha value is -0.960. The molecule has 1 heterocycles. The third-order valence-electron chi connectivity index (χ3n) is 4.57. The summed E-state index contributed by atoms with van der Waals surface area (Å²) in [5, 5.41) is 4.90. The molecule has 0 amide bonds. The number of hydrogen-bond acceptors (Lipinski definition) is 2. The molecule has 1 saturated carbocycles. The van der Waals surface area contributed by atoms with Crippen molar-refractivity contribution in [1.82, 2.24) is 5.32 Å². The molecule has 20 heavy (non-hydrogen) atoms. The van der Waals surface area contributed by atoms with Crippen molar-refractivity contribution in [3.63, 3.8) is 0 Å². The number of aliphatic imine (C=N–C) groups is 1. The maximum Gasteiger partial charge on any atom is 0.157 e. The Morgan fingerprint density at radius 3 is 2.80 bits per heavy atom. The molecule has 1 aromatic rings. The Morgan fingerprint density at radius 1 is 1.20 bits per heavy atom. The highest BCUT2D eigenvalue weighted by molar-refractivity contribution is 8.14. The molecule has 2 aliphatic rings. The molecule has 108 valence electrons. The lowest BCUT2D eigenvalue weighted by molar-refractivity contribution is 0.303. The van der Waals surface area contributed by atoms with Crippen molar-refractivity contribution < 1.29 is 0 Å². The zero-order valence-corrected chi connectivity index (χ0v) is 13.1. The van der Waals surface area contributed by atoms with Crippen molar-refractivity contribution in [2.75, 3.05) is 12.3 Å². The van der Waals surface area contributed by atoms with Gasteiger partial charge in [0.2, 0.25) is 0 Å². The van der Waals surface area contributed by atoms with Crippen LogP contribution in [-0.4, -0.2) is 23.0 Å². The summed E-state index contributed by atoms with van der Waals surface area (Å²) in [6, 6.07) is 8.62. The first-order chi connectivity index (χ1) is 9.77. The van der Waals surface area contributed by atoms with Crippen molar-refractivity contribution in [2.45, 2.75) is 51.0 Å². The second kappa shape index (κ2) is 6.21. The molecule has 1 aliphatic carbocycles. The SMILES string of the molecule is Cc1ccccc1CCN=C1NC2(CCCCC2)CS1. The third kappa shape index (κ3) is 3.20. The molecule has 0 radical (unpaired) electrons. The third-order valence-corrected chi connectivity index (χ3v) is 5.77. The molecule has 1 saturated heterocycles. The first kappa shape index (κ1) is 14.0. The van der Waals surface area contributed by atoms with E-state index in [1.807, 2.05) is 11.8 Å². The molecule has 2 fully saturated rings. The smallest absolute Gasteiger partial charge is 0.157 e. The molecule has 0 unspecified atom stereocenters. The number of benzene rings is 1. The van der Waals surface area contributed by atoms with E-state index in [0.29, 0.717) is 5.54 Å². The van der Waals surface area contributed by atoms with Gasteiger partial charge in [0.05, 0.1) is 0 Å². The minimum atomic E-state index is 0.379. The van der Waals surface area contributed by atoms with E-state index in [-0.39, 0.29) is 0 Å². The lowest BCUT2D eigenvalue weighted by Crippen LogP contribution is -2.45. The molecule has 2 nitrogen and oxygen atoms in total. The zero-order chi connectivity index (χ0) is 13.8. The topological polar surface area (TPSA) is 24.4 Å². The Labute approximate surface area is 126 Å². The molecule has 0 aromatic heterocycles. The summed E-state index contributed by atoms with van der Waals surface area (Å²) in [7, 11) is 0. The van der Waals surface area contributed by atoms with Crippen molar-refractivity contribution in [3.8, 4) is 0 Å². The summed E-state index contributed by atoms with van der Waals surface area (Å²) < 4.78 is 0. The predicted molar refractivity (Wildman–Crippen MR) is 88.6 cm³/mol. The standard InChI is InChI=1S/C17H24N2S/c1-14-7-3-4-8-15(14)9-12-18-16-19-17(13-20-16)10-5-2-6-11-17/h3-4,7-8H,2,5-6,9-13H2,1H3,(H,18,19). The molecular weight excluding hydrogens is 264 g/mol. The van der Waals surface area contributed by atoms with E-state index < -0.39 is 0 Å². The predicted octanol–water partition coefficient (Wildman–Crippen LogP) is 3.93. The first-order valence-corrected chi connectivity index (χ1v) is 8.76. The zero-order valence-electron chi connectivity index (χ0n) is 12.3. The minimum Gasteiger partial charge on any atom is -0.359 e. The van der Waals surface area contributed by atoms with Crippen LogP contribution < -0.4 is 5.32 Å². The molecule has 1 spiro atoms. The van der Waals surface area contributed by atoms with E-state index in [0.717, 1.165) is 13.0 Å². The number of nitrogens with zero attached hydrogens (tertiary/aromatic N) is 1. The highest BCUT2D eigenvalue weighted by Gasteiger charge is 2.37. The molecule has 1 aliphatic heterocycles. The molecule has 1 aromatic carbocycles. The summed E-state index contributed by atoms with van der Waals surface area (Å²) >= 11 is 1.93. The Kier molecular flexibility index (Phi) is 4.35. The first-order valence-electron chi connectivity index (χ1n) is 7.77. The second-order valence-corrected chi connectivity index (χ2v) is 7.08. The number of hydrogen-bond donors (Lipinski definition) is 1. The van der Waals surface area contributed by atoms with Gasteiger partial charge in [-0.2, -0.15) is 0 Å². The second-order valence-electron chi connectivity index (χ2n) is 6.12. The lowest BCUT2D eigenvalue weighted by atomic mass is 9.83. The molecule has 1 N–H and O–H groups in total. The Bertz CT molecular complexity index is 490. The van der Waals surface area contributed by atoms with Crippen LogP contribution in [0.5, 0.6) is 0 Å². The van der Waals surface area contributed by atoms with Crippen LogP contribution in [0, 0.1) is 6.92 Å². The normalized spacial score (nSPS) is 23.1. The fraction of sp³-hybridized carbons (Fsp3) is 0.588. The van der Waals surface area contributed by atoms with E-state index in [1.54, 1.807) is 0 Å². The summed E-state index contributed by atoms with van der Waals surface area (Å²) in [6.45, 7) is 3.08. The summed E-state index contributed by atoms with van der Waals surface area (Å²) in [5.74, 6) is 1.22. The van der Waals surface area contributed by atoms with Gasteiger partial charge >= 0.3 is 0 Å². The van der Waals surface area contributed by atoms with E-state index in [4.69, 9.17) is 4.99 Å². The van der Waals surface area contributed by atoms with Crippen LogP contribution in [0.3, 0.4) is 0 Å². The number of nitrogens with one attached hydrogen (secondary N) is 1. The van der Waals surface area contributed by atoms with Crippen molar-refractivity contribution in [2.24, 2.45) is 4.99 Å². The number of rotatable bonds is 3. The average molecular weight is 288 g/mol. The van der Waals surface area contributed by atoms with Crippen LogP contribution in [0.1, 0.15) is 43.2 Å². The Balaban J connectivity index is 1.54. The molecule has 0 atom stereocenters. The van der Waals surface area contributed by atoms with E-state index in [1.165, 1.54) is 54.2 Å². The fourth-order valence-electron chi connectivity index (χ4n) is 3.26. The monoisotopic (exact) mass is 288 g/mol. The molecular formula is C17H24N2S. The van der Waals surface area contributed by atoms with Gasteiger partial charge in [0.15, 0.2) is 5.17 Å². The van der Waals surface area contributed by atoms with Gasteiger partial charge in [-0.25, -0.2) is 0 Å². The van der Waals surface area contributed by atoms with Crippen LogP contribution in [0.25, 0.3) is 0 Å². The summed E-state index contributed by atoms with van der Waals surface area (Å²) in [4.78, 5) is 4.78. The minimum absolute atomic E-state index is 0.379. The molecule has 3 heteroatoms. The number of aryl methyl sites for hydroxylation is 1. The van der Waals surface area contributed by atoms with E-state index in [9.17, 15) is 0 Å². The highest BCUT2D eigenvalue weighted by atomic mass is 32.2. The van der Waals surface area contributed by atoms with E-state index in [2.05, 4.69) is 36.5 Å². The van der Waals surface area contributed by atoms with E-state index >= 15 is 0 Å². The molecule has 3 rings (SSSR count). The number of thioether (sulfide) groups is 1. The lowest BCUT2D eigenvalue weighted by Gasteiger charge is -2.32. The van der Waals surface area contributed by atoms with Gasteiger partial charge in [-0.05, 0) is 37.3 Å². The fourth-order valence-corrected chi connectivity index (χ4v) is 4.50. The Morgan fingerprint density at radius 2 is 2.00 bits per heavy atom. The highest BCUT2D eigenvalue weighted by Crippen LogP contribution is 2.36. The van der Waals surface area contributed by atoms with Gasteiger partial charge in [-0.3, -0.25) is 4.99 Å². The van der Waals surface area contributed by atoms with Crippen molar-refractivity contribution in [3.05, 3.63) is 35.4 Å². The summed E-state index contributed by atoms with van der Waals surface area (Å²) in [5.41, 5.74) is 3.18. The maximum absolute atomic E-state index is 4.78. The van der Waals surface area contributed by atoms with Gasteiger partial charge in [0.1, 0.15) is 0 Å². The van der Waals surface area contributed by atoms with Crippen LogP contribution in [-0.2, 0) is 6.42 Å². The summed E-state index contributed by atoms with van der Waals surface area (Å²) in [6.07, 6.45) is 7.88. The van der Waals surface area contributed by atoms with Gasteiger partial charge in [0, 0.05) is 17.8 Å². The van der Waals surface area contributed by atoms with Gasteiger partial charge in [0.25, 0.3) is 0 Å². The largest absolute Gasteiger partial charge is 0.359 e. The van der Waals surface area contributed by atoms with Crippen LogP contribution >= 0.6 is 11.8 Å². The average Bonchev–Trinajstić information content (AvgIpc) is 2.85. The van der Waals surface area contributed by atoms with Gasteiger partial charge in [-0.1, -0.05) is 55.3 Å². The van der Waals surface area contributed by atoms with Crippen molar-refractivity contribution in [1.29, 1.82) is 0 Å². The van der Waals surface area contributed by atoms with Crippen molar-refractivity contribution >= 4 is 16.9 Å². The quantitative estimate of drug-likeness (QED) is 0.911. The van der Waals surface area contributed by atoms with Gasteiger partial charge in [-0.15, -0.1) is 0 Å².